The molecule has 3 heterocycles. The van der Waals surface area contributed by atoms with Crippen LogP contribution in [-0.2, 0) is 19.3 Å². The van der Waals surface area contributed by atoms with E-state index in [2.05, 4.69) is 39.3 Å². The van der Waals surface area contributed by atoms with E-state index in [0.717, 1.165) is 42.5 Å². The van der Waals surface area contributed by atoms with Gasteiger partial charge in [-0.15, -0.1) is 0 Å². The van der Waals surface area contributed by atoms with Gasteiger partial charge in [0.1, 0.15) is 5.82 Å². The van der Waals surface area contributed by atoms with E-state index in [1.807, 2.05) is 24.4 Å². The van der Waals surface area contributed by atoms with Gasteiger partial charge in [-0.1, -0.05) is 19.9 Å². The van der Waals surface area contributed by atoms with Crippen LogP contribution in [0.15, 0.2) is 36.7 Å². The Morgan fingerprint density at radius 2 is 2.19 bits per heavy atom. The van der Waals surface area contributed by atoms with Crippen molar-refractivity contribution in [1.82, 2.24) is 20.2 Å². The number of hydrogen-bond donors (Lipinski definition) is 2. The summed E-state index contributed by atoms with van der Waals surface area (Å²) in [6.45, 7) is 5.20. The fraction of sp³-hybridized carbons (Fsp3) is 0.381. The quantitative estimate of drug-likeness (QED) is 0.666. The number of aromatic nitrogens is 4. The van der Waals surface area contributed by atoms with Gasteiger partial charge < -0.3 is 5.32 Å². The first-order valence-electron chi connectivity index (χ1n) is 9.37. The monoisotopic (exact) mass is 365 g/mol. The minimum atomic E-state index is -0.496. The lowest BCUT2D eigenvalue weighted by Crippen LogP contribution is -2.21. The third-order valence-electron chi connectivity index (χ3n) is 5.17. The number of rotatable bonds is 5. The van der Waals surface area contributed by atoms with Crippen LogP contribution in [0.5, 0.6) is 0 Å². The zero-order valence-electron chi connectivity index (χ0n) is 15.7. The molecule has 1 aliphatic carbocycles. The Balaban J connectivity index is 1.52. The number of hydrogen-bond acceptors (Lipinski definition) is 4. The highest BCUT2D eigenvalue weighted by Crippen LogP contribution is 2.38. The maximum Gasteiger partial charge on any atom is 0.215 e. The SMILES string of the molecule is CC1(C)CCc2c(-c3cc(F)nc(NCCc4cccnc4)c3)n[nH]c2C1. The molecule has 140 valence electrons. The molecule has 2 N–H and O–H groups in total. The molecule has 4 rings (SSSR count). The molecule has 0 bridgehead atoms. The van der Waals surface area contributed by atoms with Gasteiger partial charge in [0.25, 0.3) is 0 Å². The summed E-state index contributed by atoms with van der Waals surface area (Å²) < 4.78 is 14.1. The number of fused-ring (bicyclic) bond motifs is 1. The average Bonchev–Trinajstić information content (AvgIpc) is 3.04. The smallest absolute Gasteiger partial charge is 0.215 e. The molecule has 0 spiro atoms. The molecule has 0 unspecified atom stereocenters. The summed E-state index contributed by atoms with van der Waals surface area (Å²) in [5.74, 6) is 0.0334. The largest absolute Gasteiger partial charge is 0.370 e. The molecule has 0 atom stereocenters. The van der Waals surface area contributed by atoms with Crippen molar-refractivity contribution in [2.45, 2.75) is 39.5 Å². The van der Waals surface area contributed by atoms with Crippen molar-refractivity contribution in [2.24, 2.45) is 5.41 Å². The minimum absolute atomic E-state index is 0.277. The van der Waals surface area contributed by atoms with Crippen LogP contribution < -0.4 is 5.32 Å². The molecule has 0 saturated carbocycles. The van der Waals surface area contributed by atoms with Crippen molar-refractivity contribution in [3.05, 3.63) is 59.4 Å². The molecule has 3 aromatic rings. The first kappa shape index (κ1) is 17.6. The second kappa shape index (κ2) is 7.10. The van der Waals surface area contributed by atoms with Gasteiger partial charge in [-0.3, -0.25) is 10.1 Å². The third kappa shape index (κ3) is 3.99. The molecular formula is C21H24FN5. The van der Waals surface area contributed by atoms with E-state index >= 15 is 0 Å². The van der Waals surface area contributed by atoms with Gasteiger partial charge in [-0.25, -0.2) is 4.98 Å². The molecule has 0 fully saturated rings. The number of nitrogens with one attached hydrogen (secondary N) is 2. The number of aromatic amines is 1. The normalized spacial score (nSPS) is 15.4. The van der Waals surface area contributed by atoms with E-state index in [9.17, 15) is 4.39 Å². The predicted molar refractivity (Wildman–Crippen MR) is 104 cm³/mol. The van der Waals surface area contributed by atoms with Crippen LogP contribution in [-0.4, -0.2) is 26.7 Å². The van der Waals surface area contributed by atoms with Crippen LogP contribution in [0.4, 0.5) is 10.2 Å². The van der Waals surface area contributed by atoms with Crippen molar-refractivity contribution in [3.63, 3.8) is 0 Å². The van der Waals surface area contributed by atoms with Crippen molar-refractivity contribution >= 4 is 5.82 Å². The number of anilines is 1. The van der Waals surface area contributed by atoms with Crippen LogP contribution in [0.2, 0.25) is 0 Å². The van der Waals surface area contributed by atoms with E-state index in [1.54, 1.807) is 6.20 Å². The molecule has 3 aromatic heterocycles. The van der Waals surface area contributed by atoms with E-state index in [0.29, 0.717) is 12.4 Å². The Bertz CT molecular complexity index is 933. The Morgan fingerprint density at radius 1 is 1.30 bits per heavy atom. The van der Waals surface area contributed by atoms with Crippen LogP contribution in [0.1, 0.15) is 37.1 Å². The molecule has 1 aliphatic rings. The zero-order chi connectivity index (χ0) is 18.9. The number of pyridine rings is 2. The first-order valence-corrected chi connectivity index (χ1v) is 9.37. The fourth-order valence-electron chi connectivity index (χ4n) is 3.69. The molecular weight excluding hydrogens is 341 g/mol. The van der Waals surface area contributed by atoms with Gasteiger partial charge in [0.15, 0.2) is 0 Å². The lowest BCUT2D eigenvalue weighted by Gasteiger charge is -2.29. The number of halogens is 1. The second-order valence-electron chi connectivity index (χ2n) is 7.97. The zero-order valence-corrected chi connectivity index (χ0v) is 15.7. The van der Waals surface area contributed by atoms with Crippen molar-refractivity contribution in [1.29, 1.82) is 0 Å². The Hall–Kier alpha value is -2.76. The van der Waals surface area contributed by atoms with E-state index in [4.69, 9.17) is 0 Å². The summed E-state index contributed by atoms with van der Waals surface area (Å²) >= 11 is 0. The molecule has 5 nitrogen and oxygen atoms in total. The van der Waals surface area contributed by atoms with Gasteiger partial charge >= 0.3 is 0 Å². The van der Waals surface area contributed by atoms with Gasteiger partial charge in [-0.2, -0.15) is 9.49 Å². The summed E-state index contributed by atoms with van der Waals surface area (Å²) in [6, 6.07) is 7.28. The van der Waals surface area contributed by atoms with Gasteiger partial charge in [-0.05, 0) is 48.8 Å². The summed E-state index contributed by atoms with van der Waals surface area (Å²) in [7, 11) is 0. The topological polar surface area (TPSA) is 66.5 Å². The van der Waals surface area contributed by atoms with Crippen LogP contribution in [0.3, 0.4) is 0 Å². The Kier molecular flexibility index (Phi) is 4.64. The Morgan fingerprint density at radius 3 is 3.00 bits per heavy atom. The van der Waals surface area contributed by atoms with E-state index in [1.165, 1.54) is 17.3 Å². The predicted octanol–water partition coefficient (Wildman–Crippen LogP) is 4.18. The molecule has 27 heavy (non-hydrogen) atoms. The fourth-order valence-corrected chi connectivity index (χ4v) is 3.69. The van der Waals surface area contributed by atoms with Crippen molar-refractivity contribution in [3.8, 4) is 11.3 Å². The lowest BCUT2D eigenvalue weighted by molar-refractivity contribution is 0.312. The number of H-pyrrole nitrogens is 1. The summed E-state index contributed by atoms with van der Waals surface area (Å²) in [5, 5.41) is 10.9. The van der Waals surface area contributed by atoms with Gasteiger partial charge in [0, 0.05) is 41.8 Å². The lowest BCUT2D eigenvalue weighted by atomic mass is 9.76. The molecule has 0 saturated heterocycles. The molecule has 0 aliphatic heterocycles. The first-order chi connectivity index (χ1) is 13.0. The summed E-state index contributed by atoms with van der Waals surface area (Å²) in [4.78, 5) is 8.09. The van der Waals surface area contributed by atoms with E-state index < -0.39 is 5.95 Å². The van der Waals surface area contributed by atoms with Crippen LogP contribution >= 0.6 is 0 Å². The highest BCUT2D eigenvalue weighted by atomic mass is 19.1. The van der Waals surface area contributed by atoms with Gasteiger partial charge in [0.05, 0.1) is 5.69 Å². The molecule has 6 heteroatoms. The standard InChI is InChI=1S/C21H24FN5/c1-21(2)7-5-16-17(12-21)26-27-20(16)15-10-18(22)25-19(11-15)24-9-6-14-4-3-8-23-13-14/h3-4,8,10-11,13H,5-7,9,12H2,1-2H3,(H,24,25)(H,26,27). The minimum Gasteiger partial charge on any atom is -0.370 e. The van der Waals surface area contributed by atoms with Crippen molar-refractivity contribution < 1.29 is 4.39 Å². The molecule has 0 aromatic carbocycles. The highest BCUT2D eigenvalue weighted by Gasteiger charge is 2.29. The number of nitrogens with zero attached hydrogens (tertiary/aromatic N) is 3. The van der Waals surface area contributed by atoms with E-state index in [-0.39, 0.29) is 5.41 Å². The maximum absolute atomic E-state index is 14.1. The third-order valence-corrected chi connectivity index (χ3v) is 5.17. The summed E-state index contributed by atoms with van der Waals surface area (Å²) in [6.07, 6.45) is 7.43. The average molecular weight is 365 g/mol. The van der Waals surface area contributed by atoms with Gasteiger partial charge in [0.2, 0.25) is 5.95 Å². The highest BCUT2D eigenvalue weighted by molar-refractivity contribution is 5.67. The van der Waals surface area contributed by atoms with Crippen LogP contribution in [0, 0.1) is 11.4 Å². The second-order valence-corrected chi connectivity index (χ2v) is 7.97. The summed E-state index contributed by atoms with van der Waals surface area (Å²) in [5.41, 5.74) is 5.40. The molecule has 0 amide bonds. The molecule has 0 radical (unpaired) electrons. The Labute approximate surface area is 158 Å². The van der Waals surface area contributed by atoms with Crippen LogP contribution in [0.25, 0.3) is 11.3 Å². The van der Waals surface area contributed by atoms with Crippen molar-refractivity contribution in [2.75, 3.05) is 11.9 Å². The maximum atomic E-state index is 14.1.